The van der Waals surface area contributed by atoms with Gasteiger partial charge in [0, 0.05) is 16.3 Å². The third-order valence-electron chi connectivity index (χ3n) is 2.27. The standard InChI is InChI=1S/C12H12ClNO/c1-9(10-6-7-15-8-10)14-12-4-2-11(13)3-5-12/h2-9,14H,1H3. The van der Waals surface area contributed by atoms with E-state index in [-0.39, 0.29) is 6.04 Å². The van der Waals surface area contributed by atoms with Crippen LogP contribution >= 0.6 is 11.6 Å². The van der Waals surface area contributed by atoms with Gasteiger partial charge in [-0.2, -0.15) is 0 Å². The van der Waals surface area contributed by atoms with Gasteiger partial charge in [-0.15, -0.1) is 0 Å². The number of rotatable bonds is 3. The predicted octanol–water partition coefficient (Wildman–Crippen LogP) is 4.11. The van der Waals surface area contributed by atoms with Crippen molar-refractivity contribution in [3.63, 3.8) is 0 Å². The van der Waals surface area contributed by atoms with Crippen LogP contribution in [0, 0.1) is 0 Å². The van der Waals surface area contributed by atoms with Crippen LogP contribution in [0.5, 0.6) is 0 Å². The minimum atomic E-state index is 0.227. The first kappa shape index (κ1) is 10.1. The van der Waals surface area contributed by atoms with Crippen molar-refractivity contribution in [3.8, 4) is 0 Å². The fourth-order valence-electron chi connectivity index (χ4n) is 1.40. The lowest BCUT2D eigenvalue weighted by molar-refractivity contribution is 0.562. The molecule has 1 aromatic carbocycles. The molecule has 78 valence electrons. The summed E-state index contributed by atoms with van der Waals surface area (Å²) in [4.78, 5) is 0. The molecule has 0 spiro atoms. The number of furan rings is 1. The molecule has 1 unspecified atom stereocenters. The molecule has 1 N–H and O–H groups in total. The lowest BCUT2D eigenvalue weighted by atomic mass is 10.1. The van der Waals surface area contributed by atoms with Crippen LogP contribution in [0.3, 0.4) is 0 Å². The highest BCUT2D eigenvalue weighted by Gasteiger charge is 2.05. The van der Waals surface area contributed by atoms with E-state index in [1.54, 1.807) is 12.5 Å². The molecule has 0 amide bonds. The molecule has 1 aromatic heterocycles. The summed E-state index contributed by atoms with van der Waals surface area (Å²) in [5, 5.41) is 4.10. The first-order valence-electron chi connectivity index (χ1n) is 4.80. The summed E-state index contributed by atoms with van der Waals surface area (Å²) in [6.07, 6.45) is 3.42. The van der Waals surface area contributed by atoms with Gasteiger partial charge in [0.2, 0.25) is 0 Å². The second kappa shape index (κ2) is 4.41. The number of benzene rings is 1. The molecule has 0 aliphatic rings. The van der Waals surface area contributed by atoms with Crippen LogP contribution in [0.1, 0.15) is 18.5 Å². The molecular formula is C12H12ClNO. The molecule has 15 heavy (non-hydrogen) atoms. The van der Waals surface area contributed by atoms with Gasteiger partial charge in [-0.05, 0) is 37.3 Å². The summed E-state index contributed by atoms with van der Waals surface area (Å²) in [5.74, 6) is 0. The Labute approximate surface area is 93.9 Å². The van der Waals surface area contributed by atoms with Crippen molar-refractivity contribution in [2.24, 2.45) is 0 Å². The van der Waals surface area contributed by atoms with E-state index in [0.29, 0.717) is 0 Å². The van der Waals surface area contributed by atoms with E-state index in [1.807, 2.05) is 30.3 Å². The minimum Gasteiger partial charge on any atom is -0.472 e. The summed E-state index contributed by atoms with van der Waals surface area (Å²) in [6, 6.07) is 9.83. The van der Waals surface area contributed by atoms with Crippen LogP contribution < -0.4 is 5.32 Å². The van der Waals surface area contributed by atoms with Gasteiger partial charge in [0.25, 0.3) is 0 Å². The first-order valence-corrected chi connectivity index (χ1v) is 5.18. The van der Waals surface area contributed by atoms with E-state index in [0.717, 1.165) is 16.3 Å². The third-order valence-corrected chi connectivity index (χ3v) is 2.52. The maximum Gasteiger partial charge on any atom is 0.0955 e. The summed E-state index contributed by atoms with van der Waals surface area (Å²) < 4.78 is 5.03. The fraction of sp³-hybridized carbons (Fsp3) is 0.167. The molecule has 0 radical (unpaired) electrons. The van der Waals surface area contributed by atoms with Gasteiger partial charge in [0.05, 0.1) is 18.6 Å². The monoisotopic (exact) mass is 221 g/mol. The molecule has 0 aliphatic heterocycles. The van der Waals surface area contributed by atoms with Crippen LogP contribution in [0.4, 0.5) is 5.69 Å². The highest BCUT2D eigenvalue weighted by Crippen LogP contribution is 2.20. The molecule has 2 nitrogen and oxygen atoms in total. The Morgan fingerprint density at radius 3 is 2.53 bits per heavy atom. The highest BCUT2D eigenvalue weighted by atomic mass is 35.5. The van der Waals surface area contributed by atoms with Crippen molar-refractivity contribution in [1.29, 1.82) is 0 Å². The molecule has 0 saturated carbocycles. The summed E-state index contributed by atoms with van der Waals surface area (Å²) in [6.45, 7) is 2.08. The molecule has 1 atom stereocenters. The number of anilines is 1. The van der Waals surface area contributed by atoms with Gasteiger partial charge in [-0.3, -0.25) is 0 Å². The van der Waals surface area contributed by atoms with Gasteiger partial charge in [-0.25, -0.2) is 0 Å². The Balaban J connectivity index is 2.06. The molecule has 0 aliphatic carbocycles. The zero-order chi connectivity index (χ0) is 10.7. The fourth-order valence-corrected chi connectivity index (χ4v) is 1.53. The summed E-state index contributed by atoms with van der Waals surface area (Å²) >= 11 is 5.80. The predicted molar refractivity (Wildman–Crippen MR) is 62.2 cm³/mol. The van der Waals surface area contributed by atoms with Crippen molar-refractivity contribution in [1.82, 2.24) is 0 Å². The van der Waals surface area contributed by atoms with Gasteiger partial charge in [-0.1, -0.05) is 11.6 Å². The molecule has 3 heteroatoms. The van der Waals surface area contributed by atoms with E-state index in [9.17, 15) is 0 Å². The SMILES string of the molecule is CC(Nc1ccc(Cl)cc1)c1ccoc1. The first-order chi connectivity index (χ1) is 7.25. The van der Waals surface area contributed by atoms with Gasteiger partial charge in [0.1, 0.15) is 0 Å². The Bertz CT molecular complexity index is 408. The quantitative estimate of drug-likeness (QED) is 0.844. The molecule has 0 fully saturated rings. The van der Waals surface area contributed by atoms with Crippen molar-refractivity contribution in [2.45, 2.75) is 13.0 Å². The molecule has 2 aromatic rings. The Morgan fingerprint density at radius 1 is 1.20 bits per heavy atom. The number of hydrogen-bond donors (Lipinski definition) is 1. The topological polar surface area (TPSA) is 25.2 Å². The van der Waals surface area contributed by atoms with Crippen LogP contribution in [0.25, 0.3) is 0 Å². The molecular weight excluding hydrogens is 210 g/mol. The number of hydrogen-bond acceptors (Lipinski definition) is 2. The average molecular weight is 222 g/mol. The van der Waals surface area contributed by atoms with Gasteiger partial charge < -0.3 is 9.73 Å². The number of nitrogens with one attached hydrogen (secondary N) is 1. The van der Waals surface area contributed by atoms with E-state index in [1.165, 1.54) is 0 Å². The Kier molecular flexibility index (Phi) is 2.97. The van der Waals surface area contributed by atoms with E-state index in [2.05, 4.69) is 12.2 Å². The van der Waals surface area contributed by atoms with Gasteiger partial charge in [0.15, 0.2) is 0 Å². The maximum atomic E-state index is 5.80. The van der Waals surface area contributed by atoms with Crippen molar-refractivity contribution in [2.75, 3.05) is 5.32 Å². The smallest absolute Gasteiger partial charge is 0.0955 e. The lowest BCUT2D eigenvalue weighted by Gasteiger charge is -2.13. The van der Waals surface area contributed by atoms with Gasteiger partial charge >= 0.3 is 0 Å². The van der Waals surface area contributed by atoms with E-state index >= 15 is 0 Å². The normalized spacial score (nSPS) is 12.4. The Hall–Kier alpha value is -1.41. The molecule has 1 heterocycles. The Morgan fingerprint density at radius 2 is 1.93 bits per heavy atom. The second-order valence-corrected chi connectivity index (χ2v) is 3.87. The largest absolute Gasteiger partial charge is 0.472 e. The third kappa shape index (κ3) is 2.54. The summed E-state index contributed by atoms with van der Waals surface area (Å²) in [5.41, 5.74) is 2.18. The average Bonchev–Trinajstić information content (AvgIpc) is 2.74. The van der Waals surface area contributed by atoms with Crippen molar-refractivity contribution >= 4 is 17.3 Å². The summed E-state index contributed by atoms with van der Waals surface area (Å²) in [7, 11) is 0. The van der Waals surface area contributed by atoms with Crippen LogP contribution in [0.15, 0.2) is 47.3 Å². The van der Waals surface area contributed by atoms with Crippen molar-refractivity contribution in [3.05, 3.63) is 53.4 Å². The van der Waals surface area contributed by atoms with E-state index < -0.39 is 0 Å². The number of halogens is 1. The van der Waals surface area contributed by atoms with Crippen molar-refractivity contribution < 1.29 is 4.42 Å². The molecule has 0 saturated heterocycles. The zero-order valence-electron chi connectivity index (χ0n) is 8.41. The second-order valence-electron chi connectivity index (χ2n) is 3.43. The molecule has 2 rings (SSSR count). The molecule has 0 bridgehead atoms. The highest BCUT2D eigenvalue weighted by molar-refractivity contribution is 6.30. The van der Waals surface area contributed by atoms with E-state index in [4.69, 9.17) is 16.0 Å². The van der Waals surface area contributed by atoms with Crippen LogP contribution in [-0.2, 0) is 0 Å². The zero-order valence-corrected chi connectivity index (χ0v) is 9.16. The minimum absolute atomic E-state index is 0.227. The maximum absolute atomic E-state index is 5.80. The van der Waals surface area contributed by atoms with Crippen LogP contribution in [-0.4, -0.2) is 0 Å². The van der Waals surface area contributed by atoms with Crippen LogP contribution in [0.2, 0.25) is 5.02 Å². The lowest BCUT2D eigenvalue weighted by Crippen LogP contribution is -2.04.